The molecule has 5 heteroatoms. The Bertz CT molecular complexity index is 874. The zero-order valence-electron chi connectivity index (χ0n) is 14.0. The highest BCUT2D eigenvalue weighted by Crippen LogP contribution is 2.32. The molecule has 2 aliphatic rings. The Kier molecular flexibility index (Phi) is 3.84. The Morgan fingerprint density at radius 3 is 2.64 bits per heavy atom. The van der Waals surface area contributed by atoms with Crippen LogP contribution in [0.15, 0.2) is 53.5 Å². The van der Waals surface area contributed by atoms with E-state index in [-0.39, 0.29) is 17.9 Å². The number of carbonyl (C=O) groups is 2. The van der Waals surface area contributed by atoms with Crippen LogP contribution in [0.3, 0.4) is 0 Å². The molecule has 2 aliphatic heterocycles. The molecule has 0 bridgehead atoms. The molecule has 1 atom stereocenters. The summed E-state index contributed by atoms with van der Waals surface area (Å²) in [4.78, 5) is 30.9. The number of rotatable bonds is 2. The highest BCUT2D eigenvalue weighted by Gasteiger charge is 2.36. The third kappa shape index (κ3) is 2.82. The predicted molar refractivity (Wildman–Crippen MR) is 95.5 cm³/mol. The number of amidine groups is 1. The Labute approximate surface area is 146 Å². The van der Waals surface area contributed by atoms with Crippen molar-refractivity contribution >= 4 is 23.3 Å². The summed E-state index contributed by atoms with van der Waals surface area (Å²) < 4.78 is 0. The second-order valence-corrected chi connectivity index (χ2v) is 6.47. The molecule has 4 rings (SSSR count). The molecule has 5 nitrogen and oxygen atoms in total. The van der Waals surface area contributed by atoms with Crippen LogP contribution in [0.4, 0.5) is 5.69 Å². The van der Waals surface area contributed by atoms with Gasteiger partial charge in [0.15, 0.2) is 0 Å². The van der Waals surface area contributed by atoms with Crippen molar-refractivity contribution in [2.24, 2.45) is 4.99 Å². The van der Waals surface area contributed by atoms with Gasteiger partial charge < -0.3 is 4.90 Å². The van der Waals surface area contributed by atoms with E-state index in [2.05, 4.69) is 18.3 Å². The maximum Gasteiger partial charge on any atom is 0.249 e. The summed E-state index contributed by atoms with van der Waals surface area (Å²) in [6.45, 7) is 2.67. The quantitative estimate of drug-likeness (QED) is 0.860. The third-order valence-corrected chi connectivity index (χ3v) is 4.83. The van der Waals surface area contributed by atoms with Crippen LogP contribution >= 0.6 is 0 Å². The minimum atomic E-state index is -0.385. The first kappa shape index (κ1) is 15.6. The van der Waals surface area contributed by atoms with Crippen molar-refractivity contribution in [1.29, 1.82) is 0 Å². The normalized spacial score (nSPS) is 20.0. The highest BCUT2D eigenvalue weighted by atomic mass is 16.2. The molecule has 1 unspecified atom stereocenters. The number of benzene rings is 2. The summed E-state index contributed by atoms with van der Waals surface area (Å²) in [6, 6.07) is 15.6. The van der Waals surface area contributed by atoms with Crippen molar-refractivity contribution in [3.63, 3.8) is 0 Å². The lowest BCUT2D eigenvalue weighted by molar-refractivity contribution is -0.136. The van der Waals surface area contributed by atoms with Crippen LogP contribution in [0, 0.1) is 6.92 Å². The molecule has 0 spiro atoms. The second kappa shape index (κ2) is 6.16. The summed E-state index contributed by atoms with van der Waals surface area (Å²) in [5.74, 6) is 0.346. The molecule has 2 heterocycles. The van der Waals surface area contributed by atoms with Crippen LogP contribution in [0.2, 0.25) is 0 Å². The van der Waals surface area contributed by atoms with Gasteiger partial charge in [-0.2, -0.15) is 0 Å². The molecule has 1 saturated heterocycles. The second-order valence-electron chi connectivity index (χ2n) is 6.47. The van der Waals surface area contributed by atoms with E-state index in [1.807, 2.05) is 47.4 Å². The standard InChI is InChI=1S/C20H19N3O2/c1-13-6-5-9-16-15(13)12-23(17-10-11-18(24)22-20(17)25)19(21-16)14-7-3-2-4-8-14/h2-9,17H,10-12H2,1H3,(H,22,24,25). The van der Waals surface area contributed by atoms with Gasteiger partial charge in [0.1, 0.15) is 11.9 Å². The number of nitrogens with zero attached hydrogens (tertiary/aromatic N) is 2. The molecule has 0 radical (unpaired) electrons. The topological polar surface area (TPSA) is 61.8 Å². The lowest BCUT2D eigenvalue weighted by Gasteiger charge is -2.38. The number of aliphatic imine (C=N–C) groups is 1. The average molecular weight is 333 g/mol. The molecule has 2 aromatic carbocycles. The molecule has 25 heavy (non-hydrogen) atoms. The van der Waals surface area contributed by atoms with Crippen LogP contribution in [0.25, 0.3) is 0 Å². The van der Waals surface area contributed by atoms with Crippen LogP contribution in [0.5, 0.6) is 0 Å². The van der Waals surface area contributed by atoms with Gasteiger partial charge in [-0.25, -0.2) is 4.99 Å². The lowest BCUT2D eigenvalue weighted by atomic mass is 9.98. The molecule has 0 aliphatic carbocycles. The van der Waals surface area contributed by atoms with Crippen molar-refractivity contribution in [3.8, 4) is 0 Å². The Morgan fingerprint density at radius 1 is 1.08 bits per heavy atom. The zero-order valence-corrected chi connectivity index (χ0v) is 14.0. The molecule has 126 valence electrons. The largest absolute Gasteiger partial charge is 0.340 e. The smallest absolute Gasteiger partial charge is 0.249 e. The van der Waals surface area contributed by atoms with E-state index in [0.29, 0.717) is 19.4 Å². The molecular weight excluding hydrogens is 314 g/mol. The number of nitrogens with one attached hydrogen (secondary N) is 1. The minimum Gasteiger partial charge on any atom is -0.340 e. The molecule has 0 saturated carbocycles. The van der Waals surface area contributed by atoms with E-state index in [1.165, 1.54) is 0 Å². The number of aryl methyl sites for hydroxylation is 1. The van der Waals surface area contributed by atoms with Gasteiger partial charge in [-0.15, -0.1) is 0 Å². The van der Waals surface area contributed by atoms with Crippen molar-refractivity contribution < 1.29 is 9.59 Å². The van der Waals surface area contributed by atoms with Crippen molar-refractivity contribution in [2.75, 3.05) is 0 Å². The minimum absolute atomic E-state index is 0.201. The predicted octanol–water partition coefficient (Wildman–Crippen LogP) is 2.69. The highest BCUT2D eigenvalue weighted by molar-refractivity contribution is 6.06. The van der Waals surface area contributed by atoms with E-state index >= 15 is 0 Å². The molecular formula is C20H19N3O2. The fourth-order valence-electron chi connectivity index (χ4n) is 3.48. The van der Waals surface area contributed by atoms with E-state index in [4.69, 9.17) is 4.99 Å². The number of imide groups is 1. The number of carbonyl (C=O) groups excluding carboxylic acids is 2. The van der Waals surface area contributed by atoms with Gasteiger partial charge in [0.05, 0.1) is 5.69 Å². The van der Waals surface area contributed by atoms with Crippen molar-refractivity contribution in [2.45, 2.75) is 32.4 Å². The first-order valence-corrected chi connectivity index (χ1v) is 8.46. The fraction of sp³-hybridized carbons (Fsp3) is 0.250. The molecule has 1 N–H and O–H groups in total. The average Bonchev–Trinajstić information content (AvgIpc) is 2.62. The number of hydrogen-bond acceptors (Lipinski definition) is 4. The third-order valence-electron chi connectivity index (χ3n) is 4.83. The SMILES string of the molecule is Cc1cccc2c1CN(C1CCC(=O)NC1=O)C(c1ccccc1)=N2. The van der Waals surface area contributed by atoms with Gasteiger partial charge >= 0.3 is 0 Å². The summed E-state index contributed by atoms with van der Waals surface area (Å²) in [7, 11) is 0. The van der Waals surface area contributed by atoms with E-state index in [0.717, 1.165) is 28.2 Å². The van der Waals surface area contributed by atoms with Gasteiger partial charge in [0.2, 0.25) is 11.8 Å². The molecule has 1 fully saturated rings. The van der Waals surface area contributed by atoms with Gasteiger partial charge in [-0.3, -0.25) is 14.9 Å². The van der Waals surface area contributed by atoms with Crippen molar-refractivity contribution in [1.82, 2.24) is 10.2 Å². The van der Waals surface area contributed by atoms with Crippen LogP contribution in [-0.2, 0) is 16.1 Å². The number of amides is 2. The van der Waals surface area contributed by atoms with E-state index < -0.39 is 0 Å². The molecule has 2 amide bonds. The van der Waals surface area contributed by atoms with Gasteiger partial charge in [0.25, 0.3) is 0 Å². The summed E-state index contributed by atoms with van der Waals surface area (Å²) in [5, 5.41) is 2.46. The van der Waals surface area contributed by atoms with Crippen molar-refractivity contribution in [3.05, 3.63) is 65.2 Å². The summed E-state index contributed by atoms with van der Waals surface area (Å²) in [5.41, 5.74) is 4.21. The summed E-state index contributed by atoms with van der Waals surface area (Å²) >= 11 is 0. The van der Waals surface area contributed by atoms with E-state index in [1.54, 1.807) is 0 Å². The first-order chi connectivity index (χ1) is 12.1. The number of hydrogen-bond donors (Lipinski definition) is 1. The molecule has 2 aromatic rings. The van der Waals surface area contributed by atoms with Crippen LogP contribution in [0.1, 0.15) is 29.5 Å². The van der Waals surface area contributed by atoms with Gasteiger partial charge in [-0.1, -0.05) is 42.5 Å². The zero-order chi connectivity index (χ0) is 17.4. The number of fused-ring (bicyclic) bond motifs is 1. The first-order valence-electron chi connectivity index (χ1n) is 8.46. The Balaban J connectivity index is 1.80. The lowest BCUT2D eigenvalue weighted by Crippen LogP contribution is -2.54. The van der Waals surface area contributed by atoms with Gasteiger partial charge in [0, 0.05) is 24.1 Å². The van der Waals surface area contributed by atoms with Crippen LogP contribution < -0.4 is 5.32 Å². The summed E-state index contributed by atoms with van der Waals surface area (Å²) in [6.07, 6.45) is 0.868. The monoisotopic (exact) mass is 333 g/mol. The fourth-order valence-corrected chi connectivity index (χ4v) is 3.48. The maximum atomic E-state index is 12.4. The Morgan fingerprint density at radius 2 is 1.88 bits per heavy atom. The van der Waals surface area contributed by atoms with Crippen LogP contribution in [-0.4, -0.2) is 28.6 Å². The van der Waals surface area contributed by atoms with E-state index in [9.17, 15) is 9.59 Å². The maximum absolute atomic E-state index is 12.4. The molecule has 0 aromatic heterocycles. The van der Waals surface area contributed by atoms with Gasteiger partial charge in [-0.05, 0) is 25.0 Å². The Hall–Kier alpha value is -2.95. The number of piperidine rings is 1.